The van der Waals surface area contributed by atoms with Crippen LogP contribution in [0.2, 0.25) is 0 Å². The quantitative estimate of drug-likeness (QED) is 0.642. The van der Waals surface area contributed by atoms with Gasteiger partial charge in [-0.05, 0) is 48.2 Å². The monoisotopic (exact) mass is 414 g/mol. The number of amides is 2. The van der Waals surface area contributed by atoms with E-state index in [2.05, 4.69) is 17.4 Å². The Hall–Kier alpha value is -3.60. The number of para-hydroxylation sites is 1. The van der Waals surface area contributed by atoms with Crippen LogP contribution >= 0.6 is 0 Å². The number of hydrogen-bond donors (Lipinski definition) is 1. The molecular formula is C26H26N2O3. The Balaban J connectivity index is 1.50. The molecule has 0 radical (unpaired) electrons. The minimum absolute atomic E-state index is 0.0679. The molecule has 1 aliphatic heterocycles. The maximum Gasteiger partial charge on any atom is 0.229 e. The fourth-order valence-corrected chi connectivity index (χ4v) is 3.97. The molecule has 1 aliphatic rings. The van der Waals surface area contributed by atoms with Gasteiger partial charge >= 0.3 is 0 Å². The van der Waals surface area contributed by atoms with Crippen molar-refractivity contribution in [1.29, 1.82) is 0 Å². The van der Waals surface area contributed by atoms with E-state index in [1.807, 2.05) is 67.6 Å². The average Bonchev–Trinajstić information content (AvgIpc) is 3.17. The van der Waals surface area contributed by atoms with Crippen LogP contribution in [-0.2, 0) is 16.0 Å². The summed E-state index contributed by atoms with van der Waals surface area (Å²) in [4.78, 5) is 27.4. The molecule has 5 heteroatoms. The zero-order chi connectivity index (χ0) is 21.8. The van der Waals surface area contributed by atoms with E-state index in [4.69, 9.17) is 4.74 Å². The number of benzene rings is 3. The Morgan fingerprint density at radius 2 is 1.81 bits per heavy atom. The number of ether oxygens (including phenoxy) is 1. The molecule has 0 bridgehead atoms. The highest BCUT2D eigenvalue weighted by Crippen LogP contribution is 2.34. The Bertz CT molecular complexity index is 1090. The van der Waals surface area contributed by atoms with Gasteiger partial charge in [-0.2, -0.15) is 0 Å². The van der Waals surface area contributed by atoms with Crippen LogP contribution in [0.3, 0.4) is 0 Å². The van der Waals surface area contributed by atoms with Crippen LogP contribution in [0.5, 0.6) is 5.75 Å². The molecule has 1 N–H and O–H groups in total. The van der Waals surface area contributed by atoms with Crippen LogP contribution in [0.25, 0.3) is 0 Å². The lowest BCUT2D eigenvalue weighted by Crippen LogP contribution is -2.28. The number of anilines is 2. The molecule has 3 aromatic carbocycles. The van der Waals surface area contributed by atoms with Crippen LogP contribution in [0, 0.1) is 12.8 Å². The van der Waals surface area contributed by atoms with Gasteiger partial charge in [0.1, 0.15) is 5.75 Å². The minimum atomic E-state index is -0.414. The first kappa shape index (κ1) is 20.7. The molecule has 0 spiro atoms. The van der Waals surface area contributed by atoms with Crippen molar-refractivity contribution in [2.45, 2.75) is 19.8 Å². The van der Waals surface area contributed by atoms with Gasteiger partial charge < -0.3 is 15.0 Å². The molecular weight excluding hydrogens is 388 g/mol. The fourth-order valence-electron chi connectivity index (χ4n) is 3.97. The summed E-state index contributed by atoms with van der Waals surface area (Å²) < 4.78 is 5.43. The minimum Gasteiger partial charge on any atom is -0.495 e. The summed E-state index contributed by atoms with van der Waals surface area (Å²) in [5.74, 6) is 0.0142. The first-order valence-electron chi connectivity index (χ1n) is 10.4. The van der Waals surface area contributed by atoms with E-state index in [-0.39, 0.29) is 18.2 Å². The van der Waals surface area contributed by atoms with E-state index >= 15 is 0 Å². The zero-order valence-electron chi connectivity index (χ0n) is 17.8. The number of hydrogen-bond acceptors (Lipinski definition) is 3. The molecule has 1 unspecified atom stereocenters. The van der Waals surface area contributed by atoms with Crippen molar-refractivity contribution >= 4 is 23.2 Å². The molecule has 0 saturated carbocycles. The SMILES string of the molecule is COc1ccc(C)cc1N1CC(C(=O)Nc2ccccc2Cc2ccccc2)CC1=O. The number of carbonyl (C=O) groups excluding carboxylic acids is 2. The molecule has 2 amide bonds. The van der Waals surface area contributed by atoms with Crippen molar-refractivity contribution in [2.24, 2.45) is 5.92 Å². The van der Waals surface area contributed by atoms with Crippen molar-refractivity contribution in [3.05, 3.63) is 89.5 Å². The Labute approximate surface area is 182 Å². The molecule has 5 nitrogen and oxygen atoms in total. The maximum atomic E-state index is 13.0. The number of methoxy groups -OCH3 is 1. The summed E-state index contributed by atoms with van der Waals surface area (Å²) in [6, 6.07) is 23.7. The molecule has 3 aromatic rings. The number of nitrogens with zero attached hydrogens (tertiary/aromatic N) is 1. The Kier molecular flexibility index (Phi) is 6.03. The second-order valence-electron chi connectivity index (χ2n) is 7.89. The summed E-state index contributed by atoms with van der Waals surface area (Å²) in [5.41, 5.74) is 4.76. The van der Waals surface area contributed by atoms with Crippen LogP contribution in [0.4, 0.5) is 11.4 Å². The van der Waals surface area contributed by atoms with Gasteiger partial charge in [-0.25, -0.2) is 0 Å². The molecule has 158 valence electrons. The third-order valence-corrected chi connectivity index (χ3v) is 5.63. The van der Waals surface area contributed by atoms with E-state index in [9.17, 15) is 9.59 Å². The van der Waals surface area contributed by atoms with E-state index in [1.165, 1.54) is 5.56 Å². The third kappa shape index (κ3) is 4.61. The van der Waals surface area contributed by atoms with Crippen LogP contribution < -0.4 is 15.0 Å². The van der Waals surface area contributed by atoms with Gasteiger partial charge in [0.25, 0.3) is 0 Å². The van der Waals surface area contributed by atoms with Gasteiger partial charge in [0, 0.05) is 18.7 Å². The predicted molar refractivity (Wildman–Crippen MR) is 123 cm³/mol. The van der Waals surface area contributed by atoms with E-state index < -0.39 is 5.92 Å². The highest BCUT2D eigenvalue weighted by molar-refractivity contribution is 6.04. The summed E-state index contributed by atoms with van der Waals surface area (Å²) in [7, 11) is 1.59. The van der Waals surface area contributed by atoms with Gasteiger partial charge in [0.15, 0.2) is 0 Å². The molecule has 4 rings (SSSR count). The van der Waals surface area contributed by atoms with E-state index in [1.54, 1.807) is 12.0 Å². The van der Waals surface area contributed by atoms with E-state index in [0.717, 1.165) is 23.2 Å². The normalized spacial score (nSPS) is 15.7. The van der Waals surface area contributed by atoms with Crippen LogP contribution in [0.15, 0.2) is 72.8 Å². The maximum absolute atomic E-state index is 13.0. The lowest BCUT2D eigenvalue weighted by atomic mass is 10.0. The number of aryl methyl sites for hydroxylation is 1. The lowest BCUT2D eigenvalue weighted by molar-refractivity contribution is -0.122. The molecule has 1 atom stereocenters. The largest absolute Gasteiger partial charge is 0.495 e. The Morgan fingerprint density at radius 1 is 1.06 bits per heavy atom. The summed E-state index contributed by atoms with van der Waals surface area (Å²) in [6.07, 6.45) is 0.914. The molecule has 0 aliphatic carbocycles. The number of nitrogens with one attached hydrogen (secondary N) is 1. The molecule has 0 aromatic heterocycles. The Morgan fingerprint density at radius 3 is 2.58 bits per heavy atom. The van der Waals surface area contributed by atoms with Crippen molar-refractivity contribution in [3.8, 4) is 5.75 Å². The first-order chi connectivity index (χ1) is 15.0. The summed E-state index contributed by atoms with van der Waals surface area (Å²) >= 11 is 0. The second-order valence-corrected chi connectivity index (χ2v) is 7.89. The van der Waals surface area contributed by atoms with E-state index in [0.29, 0.717) is 18.0 Å². The van der Waals surface area contributed by atoms with Crippen molar-refractivity contribution in [3.63, 3.8) is 0 Å². The second kappa shape index (κ2) is 9.04. The van der Waals surface area contributed by atoms with Crippen molar-refractivity contribution < 1.29 is 14.3 Å². The van der Waals surface area contributed by atoms with Crippen LogP contribution in [0.1, 0.15) is 23.1 Å². The predicted octanol–water partition coefficient (Wildman–Crippen LogP) is 4.59. The summed E-state index contributed by atoms with van der Waals surface area (Å²) in [5, 5.41) is 3.06. The first-order valence-corrected chi connectivity index (χ1v) is 10.4. The van der Waals surface area contributed by atoms with Gasteiger partial charge in [-0.3, -0.25) is 9.59 Å². The number of rotatable bonds is 6. The molecule has 1 saturated heterocycles. The molecule has 1 heterocycles. The molecule has 31 heavy (non-hydrogen) atoms. The molecule has 1 fully saturated rings. The third-order valence-electron chi connectivity index (χ3n) is 5.63. The van der Waals surface area contributed by atoms with Gasteiger partial charge in [-0.1, -0.05) is 54.6 Å². The summed E-state index contributed by atoms with van der Waals surface area (Å²) in [6.45, 7) is 2.31. The zero-order valence-corrected chi connectivity index (χ0v) is 17.8. The fraction of sp³-hybridized carbons (Fsp3) is 0.231. The smallest absolute Gasteiger partial charge is 0.229 e. The highest BCUT2D eigenvalue weighted by atomic mass is 16.5. The van der Waals surface area contributed by atoms with Gasteiger partial charge in [0.05, 0.1) is 18.7 Å². The highest BCUT2D eigenvalue weighted by Gasteiger charge is 2.36. The van der Waals surface area contributed by atoms with Crippen molar-refractivity contribution in [2.75, 3.05) is 23.9 Å². The number of carbonyl (C=O) groups is 2. The van der Waals surface area contributed by atoms with Gasteiger partial charge in [-0.15, -0.1) is 0 Å². The average molecular weight is 415 g/mol. The van der Waals surface area contributed by atoms with Crippen LogP contribution in [-0.4, -0.2) is 25.5 Å². The standard InChI is InChI=1S/C26H26N2O3/c1-18-12-13-24(31-2)23(14-18)28-17-21(16-25(28)29)26(30)27-22-11-7-6-10-20(22)15-19-8-4-3-5-9-19/h3-14,21H,15-17H2,1-2H3,(H,27,30). The topological polar surface area (TPSA) is 58.6 Å². The van der Waals surface area contributed by atoms with Gasteiger partial charge in [0.2, 0.25) is 11.8 Å². The lowest BCUT2D eigenvalue weighted by Gasteiger charge is -2.20. The van der Waals surface area contributed by atoms with Crippen molar-refractivity contribution in [1.82, 2.24) is 0 Å².